The molecule has 0 rings (SSSR count). The van der Waals surface area contributed by atoms with E-state index in [2.05, 4.69) is 12.2 Å². The van der Waals surface area contributed by atoms with Crippen LogP contribution in [0.1, 0.15) is 33.6 Å². The summed E-state index contributed by atoms with van der Waals surface area (Å²) in [5.74, 6) is -0.829. The molecule has 0 aromatic carbocycles. The third kappa shape index (κ3) is 10.2. The van der Waals surface area contributed by atoms with Crippen molar-refractivity contribution in [3.05, 3.63) is 0 Å². The zero-order valence-corrected chi connectivity index (χ0v) is 11.1. The molecule has 5 nitrogen and oxygen atoms in total. The van der Waals surface area contributed by atoms with E-state index in [0.717, 1.165) is 13.0 Å². The van der Waals surface area contributed by atoms with Gasteiger partial charge in [0.05, 0.1) is 13.2 Å². The average Bonchev–Trinajstić information content (AvgIpc) is 2.25. The molecule has 1 unspecified atom stereocenters. The molecule has 0 aromatic heterocycles. The largest absolute Gasteiger partial charge is 0.480 e. The number of carbonyl (C=O) groups is 1. The Labute approximate surface area is 103 Å². The minimum absolute atomic E-state index is 0.156. The fraction of sp³-hybridized carbons (Fsp3) is 0.917. The first-order chi connectivity index (χ1) is 8.07. The Morgan fingerprint density at radius 2 is 1.76 bits per heavy atom. The summed E-state index contributed by atoms with van der Waals surface area (Å²) in [5, 5.41) is 11.9. The van der Waals surface area contributed by atoms with Crippen molar-refractivity contribution in [2.45, 2.75) is 45.7 Å². The summed E-state index contributed by atoms with van der Waals surface area (Å²) in [5.41, 5.74) is 0. The second-order valence-corrected chi connectivity index (χ2v) is 4.23. The van der Waals surface area contributed by atoms with Crippen molar-refractivity contribution < 1.29 is 19.4 Å². The molecule has 2 N–H and O–H groups in total. The molecule has 102 valence electrons. The van der Waals surface area contributed by atoms with E-state index in [-0.39, 0.29) is 6.04 Å². The molecular formula is C12H25NO4. The van der Waals surface area contributed by atoms with Crippen LogP contribution in [0.25, 0.3) is 0 Å². The number of carboxylic acids is 1. The predicted molar refractivity (Wildman–Crippen MR) is 66.2 cm³/mol. The van der Waals surface area contributed by atoms with Gasteiger partial charge in [-0.25, -0.2) is 0 Å². The number of ether oxygens (including phenoxy) is 2. The smallest absolute Gasteiger partial charge is 0.320 e. The summed E-state index contributed by atoms with van der Waals surface area (Å²) in [6.07, 6.45) is 1.47. The van der Waals surface area contributed by atoms with Crippen molar-refractivity contribution in [2.24, 2.45) is 0 Å². The average molecular weight is 247 g/mol. The van der Waals surface area contributed by atoms with Gasteiger partial charge in [-0.15, -0.1) is 0 Å². The lowest BCUT2D eigenvalue weighted by Gasteiger charge is -2.17. The van der Waals surface area contributed by atoms with E-state index < -0.39 is 12.0 Å². The lowest BCUT2D eigenvalue weighted by atomic mass is 10.2. The Morgan fingerprint density at radius 1 is 1.18 bits per heavy atom. The number of hydrogen-bond acceptors (Lipinski definition) is 4. The Morgan fingerprint density at radius 3 is 2.24 bits per heavy atom. The maximum Gasteiger partial charge on any atom is 0.320 e. The van der Waals surface area contributed by atoms with E-state index >= 15 is 0 Å². The molecule has 0 aliphatic rings. The number of hydrogen-bond donors (Lipinski definition) is 2. The highest BCUT2D eigenvalue weighted by atomic mass is 16.5. The molecule has 0 bridgehead atoms. The van der Waals surface area contributed by atoms with Crippen LogP contribution in [-0.2, 0) is 14.3 Å². The van der Waals surface area contributed by atoms with E-state index in [4.69, 9.17) is 14.6 Å². The van der Waals surface area contributed by atoms with Gasteiger partial charge in [0.1, 0.15) is 6.04 Å². The van der Waals surface area contributed by atoms with Crippen LogP contribution >= 0.6 is 0 Å². The summed E-state index contributed by atoms with van der Waals surface area (Å²) >= 11 is 0. The third-order valence-corrected chi connectivity index (χ3v) is 2.10. The van der Waals surface area contributed by atoms with Crippen molar-refractivity contribution >= 4 is 5.97 Å². The number of carboxylic acid groups (broad SMARTS) is 1. The van der Waals surface area contributed by atoms with Crippen LogP contribution in [0, 0.1) is 0 Å². The van der Waals surface area contributed by atoms with Gasteiger partial charge in [0.15, 0.2) is 0 Å². The highest BCUT2D eigenvalue weighted by molar-refractivity contribution is 5.73. The van der Waals surface area contributed by atoms with E-state index in [1.54, 1.807) is 0 Å². The fourth-order valence-electron chi connectivity index (χ4n) is 1.35. The Kier molecular flexibility index (Phi) is 10.1. The minimum atomic E-state index is -0.829. The molecule has 0 aromatic rings. The van der Waals surface area contributed by atoms with Crippen LogP contribution in [0.5, 0.6) is 0 Å². The van der Waals surface area contributed by atoms with Gasteiger partial charge in [-0.3, -0.25) is 4.79 Å². The first kappa shape index (κ1) is 16.4. The normalized spacial score (nSPS) is 12.9. The minimum Gasteiger partial charge on any atom is -0.480 e. The number of nitrogens with one attached hydrogen (secondary N) is 1. The molecule has 17 heavy (non-hydrogen) atoms. The van der Waals surface area contributed by atoms with Gasteiger partial charge in [-0.1, -0.05) is 20.8 Å². The quantitative estimate of drug-likeness (QED) is 0.538. The topological polar surface area (TPSA) is 67.8 Å². The van der Waals surface area contributed by atoms with Gasteiger partial charge >= 0.3 is 5.97 Å². The third-order valence-electron chi connectivity index (χ3n) is 2.10. The second kappa shape index (κ2) is 10.5. The van der Waals surface area contributed by atoms with Crippen molar-refractivity contribution in [1.82, 2.24) is 5.32 Å². The molecule has 0 heterocycles. The highest BCUT2D eigenvalue weighted by Gasteiger charge is 2.17. The fourth-order valence-corrected chi connectivity index (χ4v) is 1.35. The summed E-state index contributed by atoms with van der Waals surface area (Å²) in [6, 6.07) is -0.379. The monoisotopic (exact) mass is 247 g/mol. The van der Waals surface area contributed by atoms with Gasteiger partial charge in [0.2, 0.25) is 0 Å². The standard InChI is InChI=1S/C12H25NO4/c1-4-6-16-8-9-17-7-5-11(12(14)15)13-10(2)3/h10-11,13H,4-9H2,1-3H3,(H,14,15). The van der Waals surface area contributed by atoms with Crippen molar-refractivity contribution in [1.29, 1.82) is 0 Å². The van der Waals surface area contributed by atoms with Crippen molar-refractivity contribution in [2.75, 3.05) is 26.4 Å². The molecule has 0 spiro atoms. The first-order valence-electron chi connectivity index (χ1n) is 6.22. The van der Waals surface area contributed by atoms with Crippen LogP contribution in [-0.4, -0.2) is 49.6 Å². The summed E-state index contributed by atoms with van der Waals surface area (Å²) < 4.78 is 10.6. The van der Waals surface area contributed by atoms with Crippen molar-refractivity contribution in [3.8, 4) is 0 Å². The van der Waals surface area contributed by atoms with Gasteiger partial charge in [0.25, 0.3) is 0 Å². The summed E-state index contributed by atoms with van der Waals surface area (Å²) in [7, 11) is 0. The molecule has 0 saturated carbocycles. The van der Waals surface area contributed by atoms with Crippen LogP contribution in [0.15, 0.2) is 0 Å². The van der Waals surface area contributed by atoms with E-state index in [9.17, 15) is 4.79 Å². The Balaban J connectivity index is 3.51. The molecule has 0 fully saturated rings. The first-order valence-corrected chi connectivity index (χ1v) is 6.22. The molecule has 0 amide bonds. The van der Waals surface area contributed by atoms with Gasteiger partial charge in [0, 0.05) is 19.3 Å². The lowest BCUT2D eigenvalue weighted by Crippen LogP contribution is -2.41. The lowest BCUT2D eigenvalue weighted by molar-refractivity contribution is -0.140. The molecule has 0 radical (unpaired) electrons. The van der Waals surface area contributed by atoms with Gasteiger partial charge < -0.3 is 19.9 Å². The molecule has 5 heteroatoms. The van der Waals surface area contributed by atoms with Crippen LogP contribution in [0.2, 0.25) is 0 Å². The van der Waals surface area contributed by atoms with Gasteiger partial charge in [-0.2, -0.15) is 0 Å². The molecular weight excluding hydrogens is 222 g/mol. The second-order valence-electron chi connectivity index (χ2n) is 4.23. The predicted octanol–water partition coefficient (Wildman–Crippen LogP) is 1.27. The van der Waals surface area contributed by atoms with Crippen LogP contribution in [0.3, 0.4) is 0 Å². The van der Waals surface area contributed by atoms with Crippen molar-refractivity contribution in [3.63, 3.8) is 0 Å². The SMILES string of the molecule is CCCOCCOCCC(NC(C)C)C(=O)O. The maximum absolute atomic E-state index is 10.9. The molecule has 1 atom stereocenters. The van der Waals surface area contributed by atoms with Crippen LogP contribution in [0.4, 0.5) is 0 Å². The summed E-state index contributed by atoms with van der Waals surface area (Å²) in [6.45, 7) is 8.18. The summed E-state index contributed by atoms with van der Waals surface area (Å²) in [4.78, 5) is 10.9. The Hall–Kier alpha value is -0.650. The Bertz CT molecular complexity index is 197. The maximum atomic E-state index is 10.9. The number of rotatable bonds is 11. The van der Waals surface area contributed by atoms with Crippen LogP contribution < -0.4 is 5.32 Å². The zero-order chi connectivity index (χ0) is 13.1. The van der Waals surface area contributed by atoms with Gasteiger partial charge in [-0.05, 0) is 12.8 Å². The zero-order valence-electron chi connectivity index (χ0n) is 11.1. The number of aliphatic carboxylic acids is 1. The molecule has 0 aliphatic carbocycles. The highest BCUT2D eigenvalue weighted by Crippen LogP contribution is 1.96. The van der Waals surface area contributed by atoms with E-state index in [1.807, 2.05) is 13.8 Å². The van der Waals surface area contributed by atoms with E-state index in [1.165, 1.54) is 0 Å². The molecule has 0 aliphatic heterocycles. The molecule has 0 saturated heterocycles. The van der Waals surface area contributed by atoms with E-state index in [0.29, 0.717) is 26.2 Å².